The van der Waals surface area contributed by atoms with Crippen molar-refractivity contribution in [3.63, 3.8) is 0 Å². The molecule has 1 amide bonds. The zero-order valence-electron chi connectivity index (χ0n) is 14.1. The molecular weight excluding hydrogens is 320 g/mol. The number of aromatic nitrogens is 1. The van der Waals surface area contributed by atoms with Gasteiger partial charge in [-0.05, 0) is 31.0 Å². The van der Waals surface area contributed by atoms with Crippen molar-refractivity contribution in [2.45, 2.75) is 44.6 Å². The smallest absolute Gasteiger partial charge is 0.226 e. The summed E-state index contributed by atoms with van der Waals surface area (Å²) < 4.78 is 16.5. The number of ether oxygens (including phenoxy) is 2. The highest BCUT2D eigenvalue weighted by atomic mass is 16.6. The largest absolute Gasteiger partial charge is 0.486 e. The number of hydrogen-bond acceptors (Lipinski definition) is 5. The van der Waals surface area contributed by atoms with Crippen LogP contribution in [-0.2, 0) is 11.2 Å². The molecule has 1 aromatic carbocycles. The summed E-state index contributed by atoms with van der Waals surface area (Å²) in [6.45, 7) is 1.11. The average molecular weight is 342 g/mol. The maximum absolute atomic E-state index is 12.2. The summed E-state index contributed by atoms with van der Waals surface area (Å²) in [5.41, 5.74) is 1.49. The molecule has 0 spiro atoms. The van der Waals surface area contributed by atoms with Crippen molar-refractivity contribution in [3.05, 3.63) is 30.0 Å². The van der Waals surface area contributed by atoms with Crippen LogP contribution in [0.25, 0.3) is 11.3 Å². The van der Waals surface area contributed by atoms with Gasteiger partial charge in [-0.2, -0.15) is 0 Å². The van der Waals surface area contributed by atoms with Crippen LogP contribution >= 0.6 is 0 Å². The number of rotatable bonds is 4. The van der Waals surface area contributed by atoms with Gasteiger partial charge in [0.25, 0.3) is 0 Å². The summed E-state index contributed by atoms with van der Waals surface area (Å²) >= 11 is 0. The molecule has 0 radical (unpaired) electrons. The van der Waals surface area contributed by atoms with E-state index in [1.807, 2.05) is 24.3 Å². The third-order valence-electron chi connectivity index (χ3n) is 4.70. The van der Waals surface area contributed by atoms with Gasteiger partial charge in [-0.15, -0.1) is 0 Å². The molecule has 1 N–H and O–H groups in total. The van der Waals surface area contributed by atoms with Crippen LogP contribution in [0.2, 0.25) is 0 Å². The third kappa shape index (κ3) is 3.78. The van der Waals surface area contributed by atoms with Crippen molar-refractivity contribution in [2.75, 3.05) is 13.2 Å². The molecule has 6 nitrogen and oxygen atoms in total. The van der Waals surface area contributed by atoms with Gasteiger partial charge in [0.15, 0.2) is 17.3 Å². The van der Waals surface area contributed by atoms with E-state index in [1.54, 1.807) is 0 Å². The lowest BCUT2D eigenvalue weighted by atomic mass is 9.95. The number of fused-ring (bicyclic) bond motifs is 1. The fraction of sp³-hybridized carbons (Fsp3) is 0.474. The Kier molecular flexibility index (Phi) is 4.59. The van der Waals surface area contributed by atoms with E-state index in [2.05, 4.69) is 10.5 Å². The predicted molar refractivity (Wildman–Crippen MR) is 91.6 cm³/mol. The van der Waals surface area contributed by atoms with E-state index in [1.165, 1.54) is 19.3 Å². The summed E-state index contributed by atoms with van der Waals surface area (Å²) in [5, 5.41) is 7.13. The lowest BCUT2D eigenvalue weighted by Crippen LogP contribution is -2.37. The maximum atomic E-state index is 12.2. The van der Waals surface area contributed by atoms with Crippen LogP contribution in [0.4, 0.5) is 0 Å². The van der Waals surface area contributed by atoms with E-state index in [-0.39, 0.29) is 12.3 Å². The molecule has 1 saturated carbocycles. The van der Waals surface area contributed by atoms with Crippen molar-refractivity contribution in [1.82, 2.24) is 10.5 Å². The summed E-state index contributed by atoms with van der Waals surface area (Å²) in [6.07, 6.45) is 6.06. The summed E-state index contributed by atoms with van der Waals surface area (Å²) in [5.74, 6) is 2.07. The minimum atomic E-state index is 0.00826. The minimum absolute atomic E-state index is 0.00826. The van der Waals surface area contributed by atoms with Gasteiger partial charge in [0.1, 0.15) is 13.2 Å². The van der Waals surface area contributed by atoms with Crippen molar-refractivity contribution in [2.24, 2.45) is 0 Å². The van der Waals surface area contributed by atoms with Gasteiger partial charge in [-0.1, -0.05) is 24.4 Å². The molecule has 0 bridgehead atoms. The van der Waals surface area contributed by atoms with Gasteiger partial charge >= 0.3 is 0 Å². The highest BCUT2D eigenvalue weighted by Crippen LogP contribution is 2.34. The lowest BCUT2D eigenvalue weighted by Gasteiger charge is -2.22. The second kappa shape index (κ2) is 7.17. The monoisotopic (exact) mass is 342 g/mol. The minimum Gasteiger partial charge on any atom is -0.486 e. The predicted octanol–water partition coefficient (Wildman–Crippen LogP) is 3.10. The number of hydrogen-bond donors (Lipinski definition) is 1. The molecule has 0 atom stereocenters. The lowest BCUT2D eigenvalue weighted by molar-refractivity contribution is -0.121. The molecule has 1 aromatic heterocycles. The zero-order chi connectivity index (χ0) is 17.1. The van der Waals surface area contributed by atoms with E-state index < -0.39 is 0 Å². The highest BCUT2D eigenvalue weighted by molar-refractivity contribution is 5.78. The van der Waals surface area contributed by atoms with E-state index in [0.29, 0.717) is 36.5 Å². The van der Waals surface area contributed by atoms with Crippen molar-refractivity contribution in [1.29, 1.82) is 0 Å². The number of amides is 1. The second-order valence-electron chi connectivity index (χ2n) is 6.62. The first-order valence-electron chi connectivity index (χ1n) is 8.93. The molecule has 4 rings (SSSR count). The fourth-order valence-electron chi connectivity index (χ4n) is 3.42. The van der Waals surface area contributed by atoms with Crippen LogP contribution in [0.5, 0.6) is 11.5 Å². The standard InChI is InChI=1S/C19H22N2O4/c22-19(20-14-4-2-1-3-5-14)12-15-11-17(25-21-15)13-6-7-16-18(10-13)24-9-8-23-16/h6-7,10-11,14H,1-5,8-9,12H2,(H,20,22). The quantitative estimate of drug-likeness (QED) is 0.924. The number of carbonyl (C=O) groups excluding carboxylic acids is 1. The molecule has 0 unspecified atom stereocenters. The Morgan fingerprint density at radius 3 is 2.72 bits per heavy atom. The number of nitrogens with one attached hydrogen (secondary N) is 1. The summed E-state index contributed by atoms with van der Waals surface area (Å²) in [4.78, 5) is 12.2. The van der Waals surface area contributed by atoms with Crippen molar-refractivity contribution in [3.8, 4) is 22.8 Å². The number of nitrogens with zero attached hydrogens (tertiary/aromatic N) is 1. The van der Waals surface area contributed by atoms with Crippen LogP contribution in [0, 0.1) is 0 Å². The van der Waals surface area contributed by atoms with E-state index in [4.69, 9.17) is 14.0 Å². The van der Waals surface area contributed by atoms with Gasteiger partial charge in [0.2, 0.25) is 5.91 Å². The van der Waals surface area contributed by atoms with E-state index in [0.717, 1.165) is 24.2 Å². The third-order valence-corrected chi connectivity index (χ3v) is 4.70. The van der Waals surface area contributed by atoms with E-state index in [9.17, 15) is 4.79 Å². The van der Waals surface area contributed by atoms with Gasteiger partial charge in [-0.3, -0.25) is 4.79 Å². The Balaban J connectivity index is 1.40. The second-order valence-corrected chi connectivity index (χ2v) is 6.62. The SMILES string of the molecule is O=C(Cc1cc(-c2ccc3c(c2)OCCO3)on1)NC1CCCCC1. The highest BCUT2D eigenvalue weighted by Gasteiger charge is 2.18. The number of benzene rings is 1. The first kappa shape index (κ1) is 16.0. The van der Waals surface area contributed by atoms with Crippen LogP contribution in [0.3, 0.4) is 0 Å². The first-order chi connectivity index (χ1) is 12.3. The molecular formula is C19H22N2O4. The zero-order valence-corrected chi connectivity index (χ0v) is 14.1. The molecule has 25 heavy (non-hydrogen) atoms. The molecule has 0 saturated heterocycles. The molecule has 1 aliphatic carbocycles. The van der Waals surface area contributed by atoms with Crippen LogP contribution in [0.15, 0.2) is 28.8 Å². The molecule has 2 aromatic rings. The Bertz CT molecular complexity index is 750. The van der Waals surface area contributed by atoms with Crippen molar-refractivity contribution < 1.29 is 18.8 Å². The van der Waals surface area contributed by atoms with Crippen LogP contribution < -0.4 is 14.8 Å². The molecule has 1 aliphatic heterocycles. The van der Waals surface area contributed by atoms with Gasteiger partial charge in [0, 0.05) is 17.7 Å². The normalized spacial score (nSPS) is 17.3. The molecule has 132 valence electrons. The Morgan fingerprint density at radius 2 is 1.88 bits per heavy atom. The Morgan fingerprint density at radius 1 is 1.08 bits per heavy atom. The topological polar surface area (TPSA) is 73.6 Å². The van der Waals surface area contributed by atoms with Gasteiger partial charge in [0.05, 0.1) is 12.1 Å². The Hall–Kier alpha value is -2.50. The van der Waals surface area contributed by atoms with Gasteiger partial charge < -0.3 is 19.3 Å². The Labute approximate surface area is 146 Å². The van der Waals surface area contributed by atoms with Crippen molar-refractivity contribution >= 4 is 5.91 Å². The number of carbonyl (C=O) groups is 1. The molecule has 6 heteroatoms. The van der Waals surface area contributed by atoms with E-state index >= 15 is 0 Å². The fourth-order valence-corrected chi connectivity index (χ4v) is 3.42. The van der Waals surface area contributed by atoms with Crippen LogP contribution in [-0.4, -0.2) is 30.3 Å². The van der Waals surface area contributed by atoms with Gasteiger partial charge in [-0.25, -0.2) is 0 Å². The average Bonchev–Trinajstić information content (AvgIpc) is 3.10. The molecule has 1 fully saturated rings. The summed E-state index contributed by atoms with van der Waals surface area (Å²) in [6, 6.07) is 7.76. The first-order valence-corrected chi connectivity index (χ1v) is 8.93. The molecule has 2 aliphatic rings. The summed E-state index contributed by atoms with van der Waals surface area (Å²) in [7, 11) is 0. The maximum Gasteiger partial charge on any atom is 0.226 e. The van der Waals surface area contributed by atoms with Crippen LogP contribution in [0.1, 0.15) is 37.8 Å². The molecule has 2 heterocycles.